The van der Waals surface area contributed by atoms with Crippen LogP contribution in [0.15, 0.2) is 0 Å². The summed E-state index contributed by atoms with van der Waals surface area (Å²) in [5.74, 6) is 0. The Morgan fingerprint density at radius 2 is 2.07 bits per heavy atom. The average molecular weight is 238 g/mol. The Labute approximate surface area is 88.1 Å². The Bertz CT molecular complexity index is 346. The molecule has 0 spiro atoms. The van der Waals surface area contributed by atoms with Gasteiger partial charge in [0.05, 0.1) is 6.04 Å². The van der Waals surface area contributed by atoms with Crippen molar-refractivity contribution < 1.29 is 13.2 Å². The van der Waals surface area contributed by atoms with Gasteiger partial charge in [0, 0.05) is 20.1 Å². The molecule has 0 unspecified atom stereocenters. The maximum atomic E-state index is 12.2. The molecule has 15 heavy (non-hydrogen) atoms. The van der Waals surface area contributed by atoms with Crippen molar-refractivity contribution in [1.82, 2.24) is 15.5 Å². The molecule has 1 aliphatic rings. The number of likely N-dealkylation sites (N-methyl/N-ethyl adjacent to an activating group) is 1. The van der Waals surface area contributed by atoms with Crippen LogP contribution in [0.3, 0.4) is 0 Å². The fraction of sp³-hybridized carbons (Fsp3) is 0.714. The molecule has 0 amide bonds. The van der Waals surface area contributed by atoms with Crippen molar-refractivity contribution in [3.05, 3.63) is 5.01 Å². The van der Waals surface area contributed by atoms with E-state index in [4.69, 9.17) is 0 Å². The van der Waals surface area contributed by atoms with E-state index in [1.165, 1.54) is 0 Å². The number of anilines is 1. The van der Waals surface area contributed by atoms with E-state index in [-0.39, 0.29) is 6.04 Å². The summed E-state index contributed by atoms with van der Waals surface area (Å²) in [4.78, 5) is 1.73. The number of nitrogens with one attached hydrogen (secondary N) is 1. The quantitative estimate of drug-likeness (QED) is 0.833. The minimum atomic E-state index is -4.39. The van der Waals surface area contributed by atoms with E-state index < -0.39 is 11.2 Å². The van der Waals surface area contributed by atoms with Crippen molar-refractivity contribution >= 4 is 16.5 Å². The monoisotopic (exact) mass is 238 g/mol. The highest BCUT2D eigenvalue weighted by atomic mass is 32.1. The van der Waals surface area contributed by atoms with Gasteiger partial charge in [-0.15, -0.1) is 10.2 Å². The highest BCUT2D eigenvalue weighted by Crippen LogP contribution is 2.34. The van der Waals surface area contributed by atoms with Crippen LogP contribution in [0.25, 0.3) is 0 Å². The Balaban J connectivity index is 2.12. The number of aromatic nitrogens is 2. The van der Waals surface area contributed by atoms with Crippen molar-refractivity contribution in [3.63, 3.8) is 0 Å². The summed E-state index contributed by atoms with van der Waals surface area (Å²) in [6.45, 7) is 1.55. The largest absolute Gasteiger partial charge is 0.445 e. The molecule has 0 aromatic carbocycles. The molecular weight excluding hydrogens is 229 g/mol. The maximum absolute atomic E-state index is 12.2. The van der Waals surface area contributed by atoms with Gasteiger partial charge in [0.1, 0.15) is 0 Å². The molecule has 0 atom stereocenters. The molecule has 0 aliphatic carbocycles. The van der Waals surface area contributed by atoms with Gasteiger partial charge in [0.25, 0.3) is 0 Å². The van der Waals surface area contributed by atoms with E-state index >= 15 is 0 Å². The van der Waals surface area contributed by atoms with Crippen molar-refractivity contribution in [1.29, 1.82) is 0 Å². The fourth-order valence-electron chi connectivity index (χ4n) is 1.18. The minimum absolute atomic E-state index is 0.221. The lowest BCUT2D eigenvalue weighted by molar-refractivity contribution is -0.138. The third-order valence-corrected chi connectivity index (χ3v) is 3.32. The van der Waals surface area contributed by atoms with Gasteiger partial charge in [-0.05, 0) is 0 Å². The van der Waals surface area contributed by atoms with Crippen LogP contribution in [-0.2, 0) is 6.18 Å². The first kappa shape index (κ1) is 10.6. The van der Waals surface area contributed by atoms with Gasteiger partial charge in [0.2, 0.25) is 10.1 Å². The lowest BCUT2D eigenvalue weighted by Gasteiger charge is -2.35. The van der Waals surface area contributed by atoms with Gasteiger partial charge in [-0.2, -0.15) is 13.2 Å². The third-order valence-electron chi connectivity index (χ3n) is 2.27. The van der Waals surface area contributed by atoms with Crippen LogP contribution in [0.2, 0.25) is 0 Å². The molecule has 0 bridgehead atoms. The molecule has 1 N–H and O–H groups in total. The zero-order valence-electron chi connectivity index (χ0n) is 7.88. The molecule has 1 aliphatic heterocycles. The van der Waals surface area contributed by atoms with E-state index in [1.807, 2.05) is 0 Å². The molecule has 1 aromatic rings. The zero-order chi connectivity index (χ0) is 11.1. The Morgan fingerprint density at radius 1 is 1.40 bits per heavy atom. The third kappa shape index (κ3) is 2.05. The second-order valence-corrected chi connectivity index (χ2v) is 4.27. The summed E-state index contributed by atoms with van der Waals surface area (Å²) in [5.41, 5.74) is 0. The normalized spacial score (nSPS) is 17.6. The second-order valence-electron chi connectivity index (χ2n) is 3.31. The molecule has 1 saturated heterocycles. The van der Waals surface area contributed by atoms with E-state index in [0.29, 0.717) is 16.5 Å². The molecule has 8 heteroatoms. The standard InChI is InChI=1S/C7H9F3N4S/c1-14(4-2-11-3-4)6-13-12-5(15-6)7(8,9)10/h4,11H,2-3H2,1H3. The van der Waals surface area contributed by atoms with Crippen molar-refractivity contribution in [2.75, 3.05) is 25.0 Å². The van der Waals surface area contributed by atoms with Gasteiger partial charge < -0.3 is 10.2 Å². The van der Waals surface area contributed by atoms with Crippen LogP contribution >= 0.6 is 11.3 Å². The molecule has 0 saturated carbocycles. The summed E-state index contributed by atoms with van der Waals surface area (Å²) in [7, 11) is 1.73. The fourth-order valence-corrected chi connectivity index (χ4v) is 1.92. The van der Waals surface area contributed by atoms with E-state index in [9.17, 15) is 13.2 Å². The number of hydrogen-bond donors (Lipinski definition) is 1. The highest BCUT2D eigenvalue weighted by molar-refractivity contribution is 7.15. The molecule has 1 fully saturated rings. The van der Waals surface area contributed by atoms with Crippen LogP contribution in [0, 0.1) is 0 Å². The first-order chi connectivity index (χ1) is 6.98. The lowest BCUT2D eigenvalue weighted by Crippen LogP contribution is -2.56. The lowest BCUT2D eigenvalue weighted by atomic mass is 10.2. The van der Waals surface area contributed by atoms with E-state index in [2.05, 4.69) is 15.5 Å². The van der Waals surface area contributed by atoms with Crippen LogP contribution < -0.4 is 10.2 Å². The van der Waals surface area contributed by atoms with Gasteiger partial charge in [-0.3, -0.25) is 0 Å². The predicted octanol–water partition coefficient (Wildman–Crippen LogP) is 0.965. The molecular formula is C7H9F3N4S. The van der Waals surface area contributed by atoms with Crippen LogP contribution in [0.4, 0.5) is 18.3 Å². The minimum Gasteiger partial charge on any atom is -0.344 e. The summed E-state index contributed by atoms with van der Waals surface area (Å²) >= 11 is 0.576. The Hall–Kier alpha value is -0.890. The van der Waals surface area contributed by atoms with Crippen molar-refractivity contribution in [2.24, 2.45) is 0 Å². The molecule has 2 heterocycles. The topological polar surface area (TPSA) is 41.1 Å². The summed E-state index contributed by atoms with van der Waals surface area (Å²) in [6, 6.07) is 0.221. The summed E-state index contributed by atoms with van der Waals surface area (Å²) < 4.78 is 36.7. The first-order valence-corrected chi connectivity index (χ1v) is 5.14. The van der Waals surface area contributed by atoms with Crippen LogP contribution in [0.5, 0.6) is 0 Å². The number of rotatable bonds is 2. The summed E-state index contributed by atoms with van der Waals surface area (Å²) in [5, 5.41) is 9.13. The zero-order valence-corrected chi connectivity index (χ0v) is 8.69. The van der Waals surface area contributed by atoms with Crippen LogP contribution in [-0.4, -0.2) is 36.4 Å². The predicted molar refractivity (Wildman–Crippen MR) is 50.0 cm³/mol. The number of hydrogen-bond acceptors (Lipinski definition) is 5. The highest BCUT2D eigenvalue weighted by Gasteiger charge is 2.36. The first-order valence-electron chi connectivity index (χ1n) is 4.33. The van der Waals surface area contributed by atoms with E-state index in [1.54, 1.807) is 11.9 Å². The number of alkyl halides is 3. The van der Waals surface area contributed by atoms with Crippen molar-refractivity contribution in [2.45, 2.75) is 12.2 Å². The van der Waals surface area contributed by atoms with Gasteiger partial charge in [-0.1, -0.05) is 11.3 Å². The SMILES string of the molecule is CN(c1nnc(C(F)(F)F)s1)C1CNC1. The van der Waals surface area contributed by atoms with Gasteiger partial charge >= 0.3 is 6.18 Å². The molecule has 4 nitrogen and oxygen atoms in total. The maximum Gasteiger partial charge on any atom is 0.445 e. The molecule has 84 valence electrons. The van der Waals surface area contributed by atoms with E-state index in [0.717, 1.165) is 13.1 Å². The average Bonchev–Trinajstić information content (AvgIpc) is 2.46. The molecule has 2 rings (SSSR count). The smallest absolute Gasteiger partial charge is 0.344 e. The van der Waals surface area contributed by atoms with Crippen molar-refractivity contribution in [3.8, 4) is 0 Å². The molecule has 0 radical (unpaired) electrons. The Morgan fingerprint density at radius 3 is 2.47 bits per heavy atom. The summed E-state index contributed by atoms with van der Waals surface area (Å²) in [6.07, 6.45) is -4.39. The van der Waals surface area contributed by atoms with Gasteiger partial charge in [0.15, 0.2) is 0 Å². The Kier molecular flexibility index (Phi) is 2.55. The number of halogens is 3. The second kappa shape index (κ2) is 3.60. The molecule has 1 aromatic heterocycles. The van der Waals surface area contributed by atoms with Gasteiger partial charge in [-0.25, -0.2) is 0 Å². The van der Waals surface area contributed by atoms with Crippen LogP contribution in [0.1, 0.15) is 5.01 Å². The number of nitrogens with zero attached hydrogens (tertiary/aromatic N) is 3.